The van der Waals surface area contributed by atoms with E-state index in [4.69, 9.17) is 4.74 Å². The van der Waals surface area contributed by atoms with Crippen LogP contribution in [-0.4, -0.2) is 27.7 Å². The fraction of sp³-hybridized carbons (Fsp3) is 0.278. The number of sulfonamides is 1. The Morgan fingerprint density at radius 3 is 2.52 bits per heavy atom. The van der Waals surface area contributed by atoms with E-state index in [1.165, 1.54) is 0 Å². The average Bonchev–Trinajstić information content (AvgIpc) is 2.53. The quantitative estimate of drug-likeness (QED) is 0.827. The van der Waals surface area contributed by atoms with E-state index in [1.54, 1.807) is 37.4 Å². The molecule has 0 heterocycles. The lowest BCUT2D eigenvalue weighted by molar-refractivity contribution is 0.0939. The van der Waals surface area contributed by atoms with Crippen LogP contribution in [0.25, 0.3) is 0 Å². The van der Waals surface area contributed by atoms with Crippen LogP contribution in [0.15, 0.2) is 42.5 Å². The highest BCUT2D eigenvalue weighted by atomic mass is 32.2. The van der Waals surface area contributed by atoms with E-state index in [9.17, 15) is 13.2 Å². The summed E-state index contributed by atoms with van der Waals surface area (Å²) in [5.41, 5.74) is 2.70. The summed E-state index contributed by atoms with van der Waals surface area (Å²) in [6, 6.07) is 11.9. The molecule has 0 bridgehead atoms. The summed E-state index contributed by atoms with van der Waals surface area (Å²) < 4.78 is 30.3. The summed E-state index contributed by atoms with van der Waals surface area (Å²) in [5.74, 6) is 0.423. The van der Waals surface area contributed by atoms with E-state index < -0.39 is 10.0 Å². The summed E-state index contributed by atoms with van der Waals surface area (Å²) in [6.45, 7) is 3.74. The normalized spacial score (nSPS) is 12.3. The average molecular weight is 362 g/mol. The van der Waals surface area contributed by atoms with E-state index in [1.807, 2.05) is 26.0 Å². The summed E-state index contributed by atoms with van der Waals surface area (Å²) in [7, 11) is -1.79. The van der Waals surface area contributed by atoms with Crippen molar-refractivity contribution < 1.29 is 17.9 Å². The van der Waals surface area contributed by atoms with Gasteiger partial charge in [-0.2, -0.15) is 0 Å². The van der Waals surface area contributed by atoms with E-state index >= 15 is 0 Å². The Bertz CT molecular complexity index is 878. The molecule has 2 rings (SSSR count). The number of anilines is 1. The molecule has 0 spiro atoms. The molecule has 25 heavy (non-hydrogen) atoms. The highest BCUT2D eigenvalue weighted by Crippen LogP contribution is 2.21. The van der Waals surface area contributed by atoms with Crippen molar-refractivity contribution in [2.24, 2.45) is 0 Å². The summed E-state index contributed by atoms with van der Waals surface area (Å²) in [6.07, 6.45) is 1.09. The van der Waals surface area contributed by atoms with Crippen molar-refractivity contribution >= 4 is 21.6 Å². The van der Waals surface area contributed by atoms with Gasteiger partial charge in [-0.05, 0) is 49.2 Å². The van der Waals surface area contributed by atoms with Gasteiger partial charge in [-0.1, -0.05) is 18.2 Å². The van der Waals surface area contributed by atoms with Crippen LogP contribution in [0.2, 0.25) is 0 Å². The number of ether oxygens (including phenoxy) is 1. The number of hydrogen-bond acceptors (Lipinski definition) is 4. The second kappa shape index (κ2) is 7.57. The third kappa shape index (κ3) is 5.22. The van der Waals surface area contributed by atoms with Gasteiger partial charge in [0.05, 0.1) is 19.4 Å². The summed E-state index contributed by atoms with van der Waals surface area (Å²) in [5, 5.41) is 2.90. The number of amides is 1. The lowest BCUT2D eigenvalue weighted by Crippen LogP contribution is -2.26. The molecule has 0 fully saturated rings. The molecule has 134 valence electrons. The first-order chi connectivity index (χ1) is 11.7. The van der Waals surface area contributed by atoms with Crippen LogP contribution in [0, 0.1) is 6.92 Å². The minimum atomic E-state index is -3.35. The van der Waals surface area contributed by atoms with Crippen molar-refractivity contribution in [3.05, 3.63) is 59.2 Å². The van der Waals surface area contributed by atoms with Gasteiger partial charge < -0.3 is 10.1 Å². The zero-order valence-corrected chi connectivity index (χ0v) is 15.5. The van der Waals surface area contributed by atoms with Gasteiger partial charge in [-0.25, -0.2) is 8.42 Å². The Balaban J connectivity index is 2.15. The molecule has 2 aromatic rings. The maximum atomic E-state index is 12.4. The number of rotatable bonds is 6. The molecule has 1 atom stereocenters. The van der Waals surface area contributed by atoms with E-state index in [2.05, 4.69) is 10.0 Å². The number of aryl methyl sites for hydroxylation is 1. The second-order valence-electron chi connectivity index (χ2n) is 5.88. The molecule has 0 aliphatic heterocycles. The Kier molecular flexibility index (Phi) is 5.69. The maximum Gasteiger partial charge on any atom is 0.251 e. The van der Waals surface area contributed by atoms with Crippen LogP contribution in [0.1, 0.15) is 34.5 Å². The predicted molar refractivity (Wildman–Crippen MR) is 98.5 cm³/mol. The fourth-order valence-electron chi connectivity index (χ4n) is 2.41. The number of methoxy groups -OCH3 is 1. The molecule has 0 saturated carbocycles. The standard InChI is InChI=1S/C18H22N2O4S/c1-12-8-9-15(11-17(12)24-3)18(21)19-13(2)14-6-5-7-16(10-14)20-25(4,22)23/h5-11,13,20H,1-4H3,(H,19,21). The number of benzene rings is 2. The first-order valence-electron chi connectivity index (χ1n) is 7.73. The van der Waals surface area contributed by atoms with Gasteiger partial charge >= 0.3 is 0 Å². The third-order valence-corrected chi connectivity index (χ3v) is 4.31. The van der Waals surface area contributed by atoms with Crippen LogP contribution >= 0.6 is 0 Å². The highest BCUT2D eigenvalue weighted by molar-refractivity contribution is 7.92. The molecule has 0 radical (unpaired) electrons. The van der Waals surface area contributed by atoms with Crippen LogP contribution < -0.4 is 14.8 Å². The van der Waals surface area contributed by atoms with Gasteiger partial charge in [0.1, 0.15) is 5.75 Å². The number of carbonyl (C=O) groups is 1. The van der Waals surface area contributed by atoms with Crippen LogP contribution in [0.5, 0.6) is 5.75 Å². The molecule has 2 aromatic carbocycles. The van der Waals surface area contributed by atoms with E-state index in [0.29, 0.717) is 17.0 Å². The van der Waals surface area contributed by atoms with Crippen molar-refractivity contribution in [3.63, 3.8) is 0 Å². The van der Waals surface area contributed by atoms with Crippen molar-refractivity contribution in [3.8, 4) is 5.75 Å². The Morgan fingerprint density at radius 2 is 1.88 bits per heavy atom. The zero-order valence-electron chi connectivity index (χ0n) is 14.7. The smallest absolute Gasteiger partial charge is 0.251 e. The zero-order chi connectivity index (χ0) is 18.6. The Hall–Kier alpha value is -2.54. The predicted octanol–water partition coefficient (Wildman–Crippen LogP) is 2.87. The summed E-state index contributed by atoms with van der Waals surface area (Å²) >= 11 is 0. The first kappa shape index (κ1) is 18.8. The van der Waals surface area contributed by atoms with Gasteiger partial charge in [0.25, 0.3) is 5.91 Å². The number of carbonyl (C=O) groups excluding carboxylic acids is 1. The minimum Gasteiger partial charge on any atom is -0.496 e. The fourth-order valence-corrected chi connectivity index (χ4v) is 2.97. The molecular weight excluding hydrogens is 340 g/mol. The van der Waals surface area contributed by atoms with E-state index in [0.717, 1.165) is 17.4 Å². The highest BCUT2D eigenvalue weighted by Gasteiger charge is 2.14. The van der Waals surface area contributed by atoms with Gasteiger partial charge in [0.15, 0.2) is 0 Å². The van der Waals surface area contributed by atoms with Gasteiger partial charge in [-0.3, -0.25) is 9.52 Å². The lowest BCUT2D eigenvalue weighted by Gasteiger charge is -2.16. The van der Waals surface area contributed by atoms with Crippen molar-refractivity contribution in [1.82, 2.24) is 5.32 Å². The van der Waals surface area contributed by atoms with Crippen molar-refractivity contribution in [2.75, 3.05) is 18.1 Å². The monoisotopic (exact) mass is 362 g/mol. The SMILES string of the molecule is COc1cc(C(=O)NC(C)c2cccc(NS(C)(=O)=O)c2)ccc1C. The molecule has 1 unspecified atom stereocenters. The molecule has 0 aromatic heterocycles. The van der Waals surface area contributed by atoms with Crippen LogP contribution in [0.3, 0.4) is 0 Å². The molecule has 0 aliphatic rings. The van der Waals surface area contributed by atoms with Crippen molar-refractivity contribution in [1.29, 1.82) is 0 Å². The largest absolute Gasteiger partial charge is 0.496 e. The molecule has 1 amide bonds. The number of hydrogen-bond donors (Lipinski definition) is 2. The molecule has 7 heteroatoms. The minimum absolute atomic E-state index is 0.229. The Labute approximate surface area is 148 Å². The molecule has 0 aliphatic carbocycles. The topological polar surface area (TPSA) is 84.5 Å². The first-order valence-corrected chi connectivity index (χ1v) is 9.62. The van der Waals surface area contributed by atoms with E-state index in [-0.39, 0.29) is 11.9 Å². The summed E-state index contributed by atoms with van der Waals surface area (Å²) in [4.78, 5) is 12.4. The molecular formula is C18H22N2O4S. The lowest BCUT2D eigenvalue weighted by atomic mass is 10.1. The van der Waals surface area contributed by atoms with Crippen LogP contribution in [-0.2, 0) is 10.0 Å². The third-order valence-electron chi connectivity index (χ3n) is 3.71. The second-order valence-corrected chi connectivity index (χ2v) is 7.63. The number of nitrogens with one attached hydrogen (secondary N) is 2. The van der Waals surface area contributed by atoms with Gasteiger partial charge in [-0.15, -0.1) is 0 Å². The Morgan fingerprint density at radius 1 is 1.16 bits per heavy atom. The maximum absolute atomic E-state index is 12.4. The molecule has 6 nitrogen and oxygen atoms in total. The van der Waals surface area contributed by atoms with Crippen molar-refractivity contribution in [2.45, 2.75) is 19.9 Å². The van der Waals surface area contributed by atoms with Crippen LogP contribution in [0.4, 0.5) is 5.69 Å². The molecule has 2 N–H and O–H groups in total. The van der Waals surface area contributed by atoms with Gasteiger partial charge in [0, 0.05) is 11.3 Å². The molecule has 0 saturated heterocycles. The van der Waals surface area contributed by atoms with Gasteiger partial charge in [0.2, 0.25) is 10.0 Å².